The van der Waals surface area contributed by atoms with Gasteiger partial charge in [-0.2, -0.15) is 0 Å². The highest BCUT2D eigenvalue weighted by Gasteiger charge is 2.23. The van der Waals surface area contributed by atoms with E-state index < -0.39 is 0 Å². The van der Waals surface area contributed by atoms with E-state index in [1.54, 1.807) is 0 Å². The highest BCUT2D eigenvalue weighted by atomic mass is 15.2. The molecule has 0 radical (unpaired) electrons. The van der Waals surface area contributed by atoms with Gasteiger partial charge in [-0.05, 0) is 51.4 Å². The molecule has 0 aromatic heterocycles. The predicted octanol–water partition coefficient (Wildman–Crippen LogP) is 2.74. The summed E-state index contributed by atoms with van der Waals surface area (Å²) in [6.07, 6.45) is 2.62. The fraction of sp³-hybridized carbons (Fsp3) is 0.600. The van der Waals surface area contributed by atoms with Gasteiger partial charge in [0.15, 0.2) is 0 Å². The molecule has 0 amide bonds. The molecular formula is C15H24N2. The number of likely N-dealkylation sites (N-methyl/N-ethyl adjacent to an activating group) is 1. The van der Waals surface area contributed by atoms with Crippen LogP contribution in [0.15, 0.2) is 24.3 Å². The van der Waals surface area contributed by atoms with Gasteiger partial charge in [0.2, 0.25) is 0 Å². The molecule has 1 saturated heterocycles. The minimum Gasteiger partial charge on any atom is -0.316 e. The Morgan fingerprint density at radius 3 is 2.82 bits per heavy atom. The van der Waals surface area contributed by atoms with Gasteiger partial charge in [0.05, 0.1) is 0 Å². The molecule has 1 aliphatic rings. The molecule has 2 nitrogen and oxygen atoms in total. The largest absolute Gasteiger partial charge is 0.316 e. The van der Waals surface area contributed by atoms with Crippen LogP contribution in [-0.2, 0) is 0 Å². The molecular weight excluding hydrogens is 208 g/mol. The molecule has 0 aliphatic carbocycles. The Kier molecular flexibility index (Phi) is 4.19. The summed E-state index contributed by atoms with van der Waals surface area (Å²) in [7, 11) is 2.08. The molecule has 2 atom stereocenters. The SMILES string of the molecule is CNC1CCCN(C(C)c2ccccc2C)C1. The Bertz CT molecular complexity index is 362. The van der Waals surface area contributed by atoms with Gasteiger partial charge in [-0.15, -0.1) is 0 Å². The number of nitrogens with one attached hydrogen (secondary N) is 1. The molecule has 1 fully saturated rings. The lowest BCUT2D eigenvalue weighted by Crippen LogP contribution is -2.45. The molecule has 0 spiro atoms. The van der Waals surface area contributed by atoms with Gasteiger partial charge in [0.25, 0.3) is 0 Å². The first-order valence-corrected chi connectivity index (χ1v) is 6.69. The van der Waals surface area contributed by atoms with Crippen molar-refractivity contribution < 1.29 is 0 Å². The molecule has 17 heavy (non-hydrogen) atoms. The van der Waals surface area contributed by atoms with Crippen molar-refractivity contribution in [3.63, 3.8) is 0 Å². The topological polar surface area (TPSA) is 15.3 Å². The maximum atomic E-state index is 3.41. The van der Waals surface area contributed by atoms with Gasteiger partial charge >= 0.3 is 0 Å². The number of hydrogen-bond acceptors (Lipinski definition) is 2. The van der Waals surface area contributed by atoms with Crippen molar-refractivity contribution in [2.24, 2.45) is 0 Å². The second kappa shape index (κ2) is 5.65. The van der Waals surface area contributed by atoms with Crippen LogP contribution in [0.25, 0.3) is 0 Å². The number of aryl methyl sites for hydroxylation is 1. The lowest BCUT2D eigenvalue weighted by atomic mass is 9.97. The van der Waals surface area contributed by atoms with E-state index in [1.165, 1.54) is 37.1 Å². The molecule has 0 bridgehead atoms. The monoisotopic (exact) mass is 232 g/mol. The smallest absolute Gasteiger partial charge is 0.0323 e. The standard InChI is InChI=1S/C15H24N2/c1-12-7-4-5-9-15(12)13(2)17-10-6-8-14(11-17)16-3/h4-5,7,9,13-14,16H,6,8,10-11H2,1-3H3. The minimum absolute atomic E-state index is 0.535. The van der Waals surface area contributed by atoms with Crippen molar-refractivity contribution >= 4 is 0 Å². The van der Waals surface area contributed by atoms with Crippen LogP contribution in [0.1, 0.15) is 36.9 Å². The Balaban J connectivity index is 2.09. The van der Waals surface area contributed by atoms with Crippen molar-refractivity contribution in [1.29, 1.82) is 0 Å². The third kappa shape index (κ3) is 2.88. The van der Waals surface area contributed by atoms with Gasteiger partial charge in [0, 0.05) is 18.6 Å². The van der Waals surface area contributed by atoms with Crippen molar-refractivity contribution in [3.8, 4) is 0 Å². The van der Waals surface area contributed by atoms with E-state index >= 15 is 0 Å². The van der Waals surface area contributed by atoms with Crippen LogP contribution in [-0.4, -0.2) is 31.1 Å². The number of rotatable bonds is 3. The molecule has 2 unspecified atom stereocenters. The number of piperidine rings is 1. The zero-order chi connectivity index (χ0) is 12.3. The number of nitrogens with zero attached hydrogens (tertiary/aromatic N) is 1. The van der Waals surface area contributed by atoms with Gasteiger partial charge in [0.1, 0.15) is 0 Å². The molecule has 0 saturated carbocycles. The van der Waals surface area contributed by atoms with Gasteiger partial charge in [-0.3, -0.25) is 4.90 Å². The van der Waals surface area contributed by atoms with Crippen LogP contribution < -0.4 is 5.32 Å². The van der Waals surface area contributed by atoms with Gasteiger partial charge in [-0.25, -0.2) is 0 Å². The lowest BCUT2D eigenvalue weighted by Gasteiger charge is -2.37. The van der Waals surface area contributed by atoms with E-state index in [1.807, 2.05) is 0 Å². The first kappa shape index (κ1) is 12.6. The summed E-state index contributed by atoms with van der Waals surface area (Å²) in [4.78, 5) is 2.60. The average Bonchev–Trinajstić information content (AvgIpc) is 2.38. The van der Waals surface area contributed by atoms with Crippen molar-refractivity contribution in [2.75, 3.05) is 20.1 Å². The van der Waals surface area contributed by atoms with E-state index in [0.29, 0.717) is 12.1 Å². The molecule has 1 N–H and O–H groups in total. The van der Waals surface area contributed by atoms with E-state index in [9.17, 15) is 0 Å². The summed E-state index contributed by atoms with van der Waals surface area (Å²) in [6.45, 7) is 6.95. The maximum Gasteiger partial charge on any atom is 0.0323 e. The summed E-state index contributed by atoms with van der Waals surface area (Å²) < 4.78 is 0. The first-order valence-electron chi connectivity index (χ1n) is 6.69. The third-order valence-corrected chi connectivity index (χ3v) is 4.05. The lowest BCUT2D eigenvalue weighted by molar-refractivity contribution is 0.149. The van der Waals surface area contributed by atoms with Crippen LogP contribution >= 0.6 is 0 Å². The van der Waals surface area contributed by atoms with Gasteiger partial charge in [-0.1, -0.05) is 24.3 Å². The zero-order valence-electron chi connectivity index (χ0n) is 11.2. The maximum absolute atomic E-state index is 3.41. The number of hydrogen-bond donors (Lipinski definition) is 1. The summed E-state index contributed by atoms with van der Waals surface area (Å²) in [5.41, 5.74) is 2.89. The van der Waals surface area contributed by atoms with Crippen LogP contribution in [0, 0.1) is 6.92 Å². The summed E-state index contributed by atoms with van der Waals surface area (Å²) in [5, 5.41) is 3.41. The quantitative estimate of drug-likeness (QED) is 0.862. The van der Waals surface area contributed by atoms with E-state index in [-0.39, 0.29) is 0 Å². The highest BCUT2D eigenvalue weighted by Crippen LogP contribution is 2.26. The molecule has 1 heterocycles. The van der Waals surface area contributed by atoms with E-state index in [0.717, 1.165) is 0 Å². The molecule has 2 heteroatoms. The zero-order valence-corrected chi connectivity index (χ0v) is 11.2. The Hall–Kier alpha value is -0.860. The molecule has 2 rings (SSSR count). The predicted molar refractivity (Wildman–Crippen MR) is 73.2 cm³/mol. The summed E-state index contributed by atoms with van der Waals surface area (Å²) in [6, 6.07) is 9.95. The molecule has 94 valence electrons. The second-order valence-electron chi connectivity index (χ2n) is 5.16. The van der Waals surface area contributed by atoms with E-state index in [2.05, 4.69) is 55.4 Å². The van der Waals surface area contributed by atoms with Crippen molar-refractivity contribution in [2.45, 2.75) is 38.8 Å². The van der Waals surface area contributed by atoms with Crippen molar-refractivity contribution in [1.82, 2.24) is 10.2 Å². The first-order chi connectivity index (χ1) is 8.22. The normalized spacial score (nSPS) is 23.6. The number of likely N-dealkylation sites (tertiary alicyclic amines) is 1. The Morgan fingerprint density at radius 1 is 1.35 bits per heavy atom. The summed E-state index contributed by atoms with van der Waals surface area (Å²) >= 11 is 0. The molecule has 1 aromatic carbocycles. The number of benzene rings is 1. The third-order valence-electron chi connectivity index (χ3n) is 4.05. The van der Waals surface area contributed by atoms with Gasteiger partial charge < -0.3 is 5.32 Å². The molecule has 1 aliphatic heterocycles. The Morgan fingerprint density at radius 2 is 2.12 bits per heavy atom. The second-order valence-corrected chi connectivity index (χ2v) is 5.16. The minimum atomic E-state index is 0.535. The Labute approximate surface area is 105 Å². The molecule has 1 aromatic rings. The van der Waals surface area contributed by atoms with Crippen LogP contribution in [0.3, 0.4) is 0 Å². The highest BCUT2D eigenvalue weighted by molar-refractivity contribution is 5.28. The van der Waals surface area contributed by atoms with E-state index in [4.69, 9.17) is 0 Å². The van der Waals surface area contributed by atoms with Crippen LogP contribution in [0.2, 0.25) is 0 Å². The fourth-order valence-corrected chi connectivity index (χ4v) is 2.85. The van der Waals surface area contributed by atoms with Crippen LogP contribution in [0.5, 0.6) is 0 Å². The van der Waals surface area contributed by atoms with Crippen LogP contribution in [0.4, 0.5) is 0 Å². The fourth-order valence-electron chi connectivity index (χ4n) is 2.85. The average molecular weight is 232 g/mol. The van der Waals surface area contributed by atoms with Crippen molar-refractivity contribution in [3.05, 3.63) is 35.4 Å². The summed E-state index contributed by atoms with van der Waals surface area (Å²) in [5.74, 6) is 0.